The molecule has 0 unspecified atom stereocenters. The second-order valence-electron chi connectivity index (χ2n) is 6.33. The Balaban J connectivity index is 1.39. The number of rotatable bonds is 3. The molecule has 4 rings (SSSR count). The number of carbonyl (C=O) groups is 1. The molecule has 0 radical (unpaired) electrons. The molecular formula is C19H15ClF2N2O2S. The number of amides is 1. The lowest BCUT2D eigenvalue weighted by Crippen LogP contribution is -2.41. The first kappa shape index (κ1) is 18.1. The van der Waals surface area contributed by atoms with E-state index in [2.05, 4.69) is 4.98 Å². The van der Waals surface area contributed by atoms with Crippen LogP contribution in [0, 0.1) is 11.6 Å². The minimum atomic E-state index is -0.695. The summed E-state index contributed by atoms with van der Waals surface area (Å²) < 4.78 is 33.3. The van der Waals surface area contributed by atoms with E-state index in [9.17, 15) is 13.6 Å². The van der Waals surface area contributed by atoms with E-state index in [0.29, 0.717) is 46.4 Å². The lowest BCUT2D eigenvalue weighted by atomic mass is 10.1. The van der Waals surface area contributed by atoms with E-state index in [1.807, 2.05) is 0 Å². The molecule has 4 nitrogen and oxygen atoms in total. The first-order valence-corrected chi connectivity index (χ1v) is 9.66. The monoisotopic (exact) mass is 408 g/mol. The first-order valence-electron chi connectivity index (χ1n) is 8.46. The van der Waals surface area contributed by atoms with E-state index >= 15 is 0 Å². The zero-order chi connectivity index (χ0) is 19.0. The molecule has 1 fully saturated rings. The van der Waals surface area contributed by atoms with Crippen LogP contribution in [0.4, 0.5) is 8.78 Å². The number of piperidine rings is 1. The Hall–Kier alpha value is -2.25. The van der Waals surface area contributed by atoms with Gasteiger partial charge in [0.05, 0.1) is 4.70 Å². The van der Waals surface area contributed by atoms with Crippen molar-refractivity contribution in [2.75, 3.05) is 13.1 Å². The van der Waals surface area contributed by atoms with Gasteiger partial charge in [-0.1, -0.05) is 22.9 Å². The molecule has 0 saturated carbocycles. The number of fused-ring (bicyclic) bond motifs is 1. The van der Waals surface area contributed by atoms with Crippen molar-refractivity contribution >= 4 is 39.1 Å². The maximum absolute atomic E-state index is 13.8. The van der Waals surface area contributed by atoms with Crippen LogP contribution in [0.5, 0.6) is 5.19 Å². The molecule has 3 aromatic rings. The summed E-state index contributed by atoms with van der Waals surface area (Å²) in [5, 5.41) is 0.905. The number of ether oxygens (including phenoxy) is 1. The molecule has 0 N–H and O–H groups in total. The van der Waals surface area contributed by atoms with Gasteiger partial charge in [0.2, 0.25) is 0 Å². The highest BCUT2D eigenvalue weighted by molar-refractivity contribution is 7.20. The number of hydrogen-bond acceptors (Lipinski definition) is 4. The van der Waals surface area contributed by atoms with Gasteiger partial charge in [-0.25, -0.2) is 8.78 Å². The second kappa shape index (κ2) is 7.40. The Bertz CT molecular complexity index is 985. The van der Waals surface area contributed by atoms with Gasteiger partial charge < -0.3 is 9.64 Å². The van der Waals surface area contributed by atoms with Gasteiger partial charge in [0.25, 0.3) is 11.1 Å². The average molecular weight is 409 g/mol. The highest BCUT2D eigenvalue weighted by Crippen LogP contribution is 2.32. The largest absolute Gasteiger partial charge is 0.467 e. The number of halogens is 3. The van der Waals surface area contributed by atoms with Crippen LogP contribution >= 0.6 is 22.9 Å². The van der Waals surface area contributed by atoms with Crippen LogP contribution in [0.2, 0.25) is 5.02 Å². The van der Waals surface area contributed by atoms with Crippen LogP contribution in [-0.4, -0.2) is 35.0 Å². The molecule has 1 aliphatic heterocycles. The standard InChI is InChI=1S/C19H15ClF2N2O2S/c20-12-3-1-11(2-4-12)18(25)24-7-5-14(6-8-24)26-19-23-17-15(22)9-13(21)10-16(17)27-19/h1-4,9-10,14H,5-8H2. The first-order chi connectivity index (χ1) is 13.0. The summed E-state index contributed by atoms with van der Waals surface area (Å²) in [4.78, 5) is 18.4. The third kappa shape index (κ3) is 3.89. The molecule has 1 amide bonds. The minimum absolute atomic E-state index is 0.0392. The molecule has 2 aromatic carbocycles. The topological polar surface area (TPSA) is 42.4 Å². The van der Waals surface area contributed by atoms with Crippen LogP contribution in [-0.2, 0) is 0 Å². The van der Waals surface area contributed by atoms with Gasteiger partial charge in [-0.2, -0.15) is 4.98 Å². The van der Waals surface area contributed by atoms with E-state index < -0.39 is 11.6 Å². The predicted molar refractivity (Wildman–Crippen MR) is 101 cm³/mol. The van der Waals surface area contributed by atoms with Gasteiger partial charge in [0, 0.05) is 42.6 Å². The van der Waals surface area contributed by atoms with Crippen molar-refractivity contribution in [3.63, 3.8) is 0 Å². The van der Waals surface area contributed by atoms with Crippen LogP contribution in [0.1, 0.15) is 23.2 Å². The molecule has 0 atom stereocenters. The van der Waals surface area contributed by atoms with Crippen LogP contribution in [0.15, 0.2) is 36.4 Å². The third-order valence-electron chi connectivity index (χ3n) is 4.48. The van der Waals surface area contributed by atoms with Gasteiger partial charge >= 0.3 is 0 Å². The molecule has 0 bridgehead atoms. The maximum Gasteiger partial charge on any atom is 0.274 e. The van der Waals surface area contributed by atoms with Gasteiger partial charge in [-0.15, -0.1) is 0 Å². The molecule has 1 aliphatic rings. The van der Waals surface area contributed by atoms with E-state index in [4.69, 9.17) is 16.3 Å². The van der Waals surface area contributed by atoms with Crippen LogP contribution in [0.3, 0.4) is 0 Å². The quantitative estimate of drug-likeness (QED) is 0.618. The van der Waals surface area contributed by atoms with Crippen molar-refractivity contribution in [1.29, 1.82) is 0 Å². The summed E-state index contributed by atoms with van der Waals surface area (Å²) in [6.07, 6.45) is 1.17. The van der Waals surface area contributed by atoms with E-state index in [1.54, 1.807) is 29.2 Å². The molecule has 0 aliphatic carbocycles. The van der Waals surface area contributed by atoms with Crippen molar-refractivity contribution < 1.29 is 18.3 Å². The minimum Gasteiger partial charge on any atom is -0.467 e. The van der Waals surface area contributed by atoms with Crippen LogP contribution < -0.4 is 4.74 Å². The fourth-order valence-corrected chi connectivity index (χ4v) is 4.13. The molecule has 140 valence electrons. The number of carbonyl (C=O) groups excluding carboxylic acids is 1. The Kier molecular flexibility index (Phi) is 4.97. The Labute approximate surface area is 163 Å². The fraction of sp³-hybridized carbons (Fsp3) is 0.263. The summed E-state index contributed by atoms with van der Waals surface area (Å²) in [5.74, 6) is -1.37. The highest BCUT2D eigenvalue weighted by atomic mass is 35.5. The van der Waals surface area contributed by atoms with Crippen molar-refractivity contribution in [2.45, 2.75) is 18.9 Å². The molecular weight excluding hydrogens is 394 g/mol. The van der Waals surface area contributed by atoms with Crippen molar-refractivity contribution in [3.8, 4) is 5.19 Å². The average Bonchev–Trinajstić information content (AvgIpc) is 3.05. The molecule has 0 spiro atoms. The molecule has 1 saturated heterocycles. The Morgan fingerprint density at radius 3 is 2.59 bits per heavy atom. The highest BCUT2D eigenvalue weighted by Gasteiger charge is 2.25. The summed E-state index contributed by atoms with van der Waals surface area (Å²) in [6, 6.07) is 8.87. The van der Waals surface area contributed by atoms with Gasteiger partial charge in [-0.3, -0.25) is 4.79 Å². The molecule has 2 heterocycles. The number of nitrogens with zero attached hydrogens (tertiary/aromatic N) is 2. The molecule has 8 heteroatoms. The zero-order valence-corrected chi connectivity index (χ0v) is 15.7. The number of thiazole rings is 1. The Morgan fingerprint density at radius 1 is 1.19 bits per heavy atom. The lowest BCUT2D eigenvalue weighted by molar-refractivity contribution is 0.0595. The molecule has 1 aromatic heterocycles. The summed E-state index contributed by atoms with van der Waals surface area (Å²) in [5.41, 5.74) is 0.717. The fourth-order valence-electron chi connectivity index (χ4n) is 3.08. The lowest BCUT2D eigenvalue weighted by Gasteiger charge is -2.31. The number of likely N-dealkylation sites (tertiary alicyclic amines) is 1. The Morgan fingerprint density at radius 2 is 1.89 bits per heavy atom. The van der Waals surface area contributed by atoms with Crippen molar-refractivity contribution in [2.24, 2.45) is 0 Å². The summed E-state index contributed by atoms with van der Waals surface area (Å²) >= 11 is 6.97. The van der Waals surface area contributed by atoms with Crippen molar-refractivity contribution in [1.82, 2.24) is 9.88 Å². The normalized spacial score (nSPS) is 15.3. The second-order valence-corrected chi connectivity index (χ2v) is 7.76. The van der Waals surface area contributed by atoms with Gasteiger partial charge in [0.1, 0.15) is 17.4 Å². The number of aromatic nitrogens is 1. The van der Waals surface area contributed by atoms with Gasteiger partial charge in [-0.05, 0) is 30.3 Å². The maximum atomic E-state index is 13.8. The summed E-state index contributed by atoms with van der Waals surface area (Å²) in [7, 11) is 0. The smallest absolute Gasteiger partial charge is 0.274 e. The third-order valence-corrected chi connectivity index (χ3v) is 5.63. The zero-order valence-electron chi connectivity index (χ0n) is 14.1. The predicted octanol–water partition coefficient (Wildman–Crippen LogP) is 4.91. The number of hydrogen-bond donors (Lipinski definition) is 0. The van der Waals surface area contributed by atoms with E-state index in [1.165, 1.54) is 6.07 Å². The molecule has 27 heavy (non-hydrogen) atoms. The summed E-state index contributed by atoms with van der Waals surface area (Å²) in [6.45, 7) is 1.11. The van der Waals surface area contributed by atoms with Crippen molar-refractivity contribution in [3.05, 3.63) is 58.6 Å². The van der Waals surface area contributed by atoms with Gasteiger partial charge in [0.15, 0.2) is 5.82 Å². The van der Waals surface area contributed by atoms with E-state index in [-0.39, 0.29) is 17.5 Å². The van der Waals surface area contributed by atoms with E-state index in [0.717, 1.165) is 17.4 Å². The SMILES string of the molecule is O=C(c1ccc(Cl)cc1)N1CCC(Oc2nc3c(F)cc(F)cc3s2)CC1. The number of benzene rings is 2. The van der Waals surface area contributed by atoms with Crippen LogP contribution in [0.25, 0.3) is 10.2 Å².